The third-order valence-corrected chi connectivity index (χ3v) is 4.88. The van der Waals surface area contributed by atoms with Crippen LogP contribution < -0.4 is 10.5 Å². The van der Waals surface area contributed by atoms with E-state index in [-0.39, 0.29) is 24.2 Å². The van der Waals surface area contributed by atoms with Crippen LogP contribution in [0.15, 0.2) is 0 Å². The van der Waals surface area contributed by atoms with Gasteiger partial charge < -0.3 is 5.73 Å². The zero-order chi connectivity index (χ0) is 12.0. The predicted octanol–water partition coefficient (Wildman–Crippen LogP) is 1.65. The van der Waals surface area contributed by atoms with Crippen molar-refractivity contribution in [3.63, 3.8) is 0 Å². The molecule has 1 unspecified atom stereocenters. The Balaban J connectivity index is 0.00000256. The van der Waals surface area contributed by atoms with Gasteiger partial charge in [-0.05, 0) is 25.2 Å². The van der Waals surface area contributed by atoms with Crippen molar-refractivity contribution in [2.45, 2.75) is 51.5 Å². The van der Waals surface area contributed by atoms with E-state index in [4.69, 9.17) is 5.73 Å². The van der Waals surface area contributed by atoms with Crippen LogP contribution in [0.4, 0.5) is 0 Å². The van der Waals surface area contributed by atoms with Crippen LogP contribution in [0.2, 0.25) is 0 Å². The Hall–Kier alpha value is 0.160. The Labute approximate surface area is 111 Å². The van der Waals surface area contributed by atoms with Crippen LogP contribution in [0, 0.1) is 5.92 Å². The van der Waals surface area contributed by atoms with Gasteiger partial charge in [-0.15, -0.1) is 12.4 Å². The van der Waals surface area contributed by atoms with E-state index in [0.717, 1.165) is 12.8 Å². The van der Waals surface area contributed by atoms with Crippen molar-refractivity contribution >= 4 is 22.4 Å². The second-order valence-electron chi connectivity index (χ2n) is 4.68. The minimum Gasteiger partial charge on any atom is -0.329 e. The summed E-state index contributed by atoms with van der Waals surface area (Å²) in [6.45, 7) is 2.28. The standard InChI is InChI=1S/C11H24N2O2S.ClH/c1-2-8-16(14,15)13-11(9-12)10-6-4-3-5-7-10;/h10-11,13H,2-9,12H2,1H3;1H. The average molecular weight is 285 g/mol. The SMILES string of the molecule is CCCS(=O)(=O)NC(CN)C1CCCCC1.Cl. The highest BCUT2D eigenvalue weighted by atomic mass is 35.5. The third kappa shape index (κ3) is 6.04. The van der Waals surface area contributed by atoms with Crippen LogP contribution in [-0.4, -0.2) is 26.8 Å². The van der Waals surface area contributed by atoms with E-state index in [0.29, 0.717) is 18.9 Å². The van der Waals surface area contributed by atoms with E-state index in [1.54, 1.807) is 0 Å². The smallest absolute Gasteiger partial charge is 0.211 e. The molecular weight excluding hydrogens is 260 g/mol. The molecule has 0 saturated heterocycles. The van der Waals surface area contributed by atoms with Crippen LogP contribution in [0.25, 0.3) is 0 Å². The molecule has 1 rings (SSSR count). The lowest BCUT2D eigenvalue weighted by atomic mass is 9.84. The molecule has 0 aromatic heterocycles. The molecule has 0 radical (unpaired) electrons. The van der Waals surface area contributed by atoms with Gasteiger partial charge in [0.2, 0.25) is 10.0 Å². The average Bonchev–Trinajstić information content (AvgIpc) is 2.27. The molecule has 0 amide bonds. The second-order valence-corrected chi connectivity index (χ2v) is 6.55. The number of sulfonamides is 1. The highest BCUT2D eigenvalue weighted by molar-refractivity contribution is 7.89. The summed E-state index contributed by atoms with van der Waals surface area (Å²) in [5, 5.41) is 0. The van der Waals surface area contributed by atoms with Gasteiger partial charge in [0.25, 0.3) is 0 Å². The van der Waals surface area contributed by atoms with Gasteiger partial charge in [0.15, 0.2) is 0 Å². The molecule has 0 aromatic rings. The van der Waals surface area contributed by atoms with Crippen LogP contribution >= 0.6 is 12.4 Å². The van der Waals surface area contributed by atoms with Gasteiger partial charge in [-0.1, -0.05) is 26.2 Å². The summed E-state index contributed by atoms with van der Waals surface area (Å²) < 4.78 is 26.1. The summed E-state index contributed by atoms with van der Waals surface area (Å²) in [5.74, 6) is 0.640. The van der Waals surface area contributed by atoms with E-state index in [1.165, 1.54) is 19.3 Å². The molecule has 4 nitrogen and oxygen atoms in total. The fraction of sp³-hybridized carbons (Fsp3) is 1.00. The van der Waals surface area contributed by atoms with Gasteiger partial charge in [-0.25, -0.2) is 13.1 Å². The zero-order valence-electron chi connectivity index (χ0n) is 10.5. The number of halogens is 1. The van der Waals surface area contributed by atoms with Crippen molar-refractivity contribution in [1.29, 1.82) is 0 Å². The van der Waals surface area contributed by atoms with Crippen molar-refractivity contribution in [3.8, 4) is 0 Å². The zero-order valence-corrected chi connectivity index (χ0v) is 12.2. The lowest BCUT2D eigenvalue weighted by molar-refractivity contribution is 0.294. The highest BCUT2D eigenvalue weighted by Crippen LogP contribution is 2.26. The maximum Gasteiger partial charge on any atom is 0.211 e. The summed E-state index contributed by atoms with van der Waals surface area (Å²) in [7, 11) is -3.12. The van der Waals surface area contributed by atoms with Gasteiger partial charge in [0.05, 0.1) is 5.75 Å². The maximum atomic E-state index is 11.7. The van der Waals surface area contributed by atoms with Crippen LogP contribution in [0.3, 0.4) is 0 Å². The number of hydrogen-bond acceptors (Lipinski definition) is 3. The quantitative estimate of drug-likeness (QED) is 0.779. The number of hydrogen-bond donors (Lipinski definition) is 2. The first-order chi connectivity index (χ1) is 7.59. The minimum absolute atomic E-state index is 0. The Kier molecular flexibility index (Phi) is 8.37. The summed E-state index contributed by atoms with van der Waals surface area (Å²) in [5.41, 5.74) is 5.68. The molecule has 6 heteroatoms. The monoisotopic (exact) mass is 284 g/mol. The van der Waals surface area contributed by atoms with Crippen molar-refractivity contribution in [2.24, 2.45) is 11.7 Å². The first-order valence-electron chi connectivity index (χ1n) is 6.29. The Bertz CT molecular complexity index is 290. The number of rotatable bonds is 6. The molecular formula is C11H25ClN2O2S. The van der Waals surface area contributed by atoms with Crippen molar-refractivity contribution in [1.82, 2.24) is 4.72 Å². The molecule has 1 aliphatic carbocycles. The van der Waals surface area contributed by atoms with E-state index < -0.39 is 10.0 Å². The minimum atomic E-state index is -3.12. The van der Waals surface area contributed by atoms with Crippen LogP contribution in [0.1, 0.15) is 45.4 Å². The molecule has 1 atom stereocenters. The summed E-state index contributed by atoms with van der Waals surface area (Å²) in [4.78, 5) is 0. The topological polar surface area (TPSA) is 72.2 Å². The molecule has 0 aliphatic heterocycles. The largest absolute Gasteiger partial charge is 0.329 e. The lowest BCUT2D eigenvalue weighted by Crippen LogP contribution is -2.46. The van der Waals surface area contributed by atoms with Gasteiger partial charge in [0, 0.05) is 12.6 Å². The van der Waals surface area contributed by atoms with Crippen molar-refractivity contribution in [2.75, 3.05) is 12.3 Å². The van der Waals surface area contributed by atoms with Gasteiger partial charge in [0.1, 0.15) is 0 Å². The second kappa shape index (κ2) is 8.29. The molecule has 0 heterocycles. The maximum absolute atomic E-state index is 11.7. The predicted molar refractivity (Wildman–Crippen MR) is 73.9 cm³/mol. The highest BCUT2D eigenvalue weighted by Gasteiger charge is 2.25. The van der Waals surface area contributed by atoms with E-state index in [2.05, 4.69) is 4.72 Å². The molecule has 1 saturated carbocycles. The number of nitrogens with one attached hydrogen (secondary N) is 1. The fourth-order valence-corrected chi connectivity index (χ4v) is 3.84. The Morgan fingerprint density at radius 3 is 2.35 bits per heavy atom. The van der Waals surface area contributed by atoms with E-state index in [9.17, 15) is 8.42 Å². The fourth-order valence-electron chi connectivity index (χ4n) is 2.43. The van der Waals surface area contributed by atoms with Crippen molar-refractivity contribution in [3.05, 3.63) is 0 Å². The number of nitrogens with two attached hydrogens (primary N) is 1. The van der Waals surface area contributed by atoms with Gasteiger partial charge in [-0.3, -0.25) is 0 Å². The van der Waals surface area contributed by atoms with E-state index >= 15 is 0 Å². The summed E-state index contributed by atoms with van der Waals surface area (Å²) >= 11 is 0. The molecule has 17 heavy (non-hydrogen) atoms. The molecule has 3 N–H and O–H groups in total. The van der Waals surface area contributed by atoms with Crippen molar-refractivity contribution < 1.29 is 8.42 Å². The molecule has 1 aliphatic rings. The molecule has 0 aromatic carbocycles. The molecule has 0 bridgehead atoms. The molecule has 1 fully saturated rings. The normalized spacial score (nSPS) is 19.6. The Morgan fingerprint density at radius 1 is 1.29 bits per heavy atom. The molecule has 104 valence electrons. The summed E-state index contributed by atoms with van der Waals surface area (Å²) in [6.07, 6.45) is 6.55. The lowest BCUT2D eigenvalue weighted by Gasteiger charge is -2.29. The van der Waals surface area contributed by atoms with E-state index in [1.807, 2.05) is 6.92 Å². The van der Waals surface area contributed by atoms with Gasteiger partial charge in [-0.2, -0.15) is 0 Å². The molecule has 0 spiro atoms. The first-order valence-corrected chi connectivity index (χ1v) is 7.94. The third-order valence-electron chi connectivity index (χ3n) is 3.28. The van der Waals surface area contributed by atoms with Crippen LogP contribution in [0.5, 0.6) is 0 Å². The summed E-state index contributed by atoms with van der Waals surface area (Å²) in [6, 6.07) is -0.0585. The Morgan fingerprint density at radius 2 is 1.88 bits per heavy atom. The van der Waals surface area contributed by atoms with Gasteiger partial charge >= 0.3 is 0 Å². The first kappa shape index (κ1) is 17.2. The van der Waals surface area contributed by atoms with Crippen LogP contribution in [-0.2, 0) is 10.0 Å².